The van der Waals surface area contributed by atoms with Crippen LogP contribution in [0.2, 0.25) is 0 Å². The van der Waals surface area contributed by atoms with Gasteiger partial charge in [0.2, 0.25) is 0 Å². The summed E-state index contributed by atoms with van der Waals surface area (Å²) in [6.45, 7) is 9.16. The van der Waals surface area contributed by atoms with E-state index < -0.39 is 0 Å². The van der Waals surface area contributed by atoms with Gasteiger partial charge in [-0.15, -0.1) is 0 Å². The van der Waals surface area contributed by atoms with Crippen LogP contribution in [0.5, 0.6) is 5.75 Å². The van der Waals surface area contributed by atoms with Gasteiger partial charge < -0.3 is 10.1 Å². The molecule has 0 radical (unpaired) electrons. The van der Waals surface area contributed by atoms with E-state index in [1.807, 2.05) is 0 Å². The molecule has 0 amide bonds. The molecule has 0 heterocycles. The molecule has 3 atom stereocenters. The van der Waals surface area contributed by atoms with Crippen LogP contribution in [0.4, 0.5) is 0 Å². The number of hydrogen-bond donors (Lipinski definition) is 1. The molecule has 2 heteroatoms. The largest absolute Gasteiger partial charge is 0.489 e. The van der Waals surface area contributed by atoms with Gasteiger partial charge in [0.15, 0.2) is 0 Å². The van der Waals surface area contributed by atoms with Gasteiger partial charge in [-0.25, -0.2) is 0 Å². The molecule has 0 aromatic heterocycles. The lowest BCUT2D eigenvalue weighted by Gasteiger charge is -2.41. The van der Waals surface area contributed by atoms with Crippen LogP contribution in [0, 0.1) is 18.3 Å². The maximum atomic E-state index is 6.30. The van der Waals surface area contributed by atoms with Gasteiger partial charge in [0.25, 0.3) is 0 Å². The van der Waals surface area contributed by atoms with Crippen LogP contribution in [-0.4, -0.2) is 19.2 Å². The van der Waals surface area contributed by atoms with Gasteiger partial charge in [-0.3, -0.25) is 0 Å². The number of nitrogens with one attached hydrogen (secondary N) is 1. The summed E-state index contributed by atoms with van der Waals surface area (Å²) >= 11 is 0. The molecular formula is C18H29NO. The Balaban J connectivity index is 2.09. The maximum Gasteiger partial charge on any atom is 0.120 e. The highest BCUT2D eigenvalue weighted by Crippen LogP contribution is 2.39. The Morgan fingerprint density at radius 3 is 2.55 bits per heavy atom. The highest BCUT2D eigenvalue weighted by molar-refractivity contribution is 5.27. The monoisotopic (exact) mass is 275 g/mol. The van der Waals surface area contributed by atoms with E-state index in [1.54, 1.807) is 0 Å². The Morgan fingerprint density at radius 2 is 1.95 bits per heavy atom. The first-order valence-electron chi connectivity index (χ1n) is 7.80. The van der Waals surface area contributed by atoms with Crippen molar-refractivity contribution in [3.63, 3.8) is 0 Å². The Morgan fingerprint density at radius 1 is 1.20 bits per heavy atom. The number of aryl methyl sites for hydroxylation is 1. The number of benzene rings is 1. The van der Waals surface area contributed by atoms with Crippen LogP contribution in [0.3, 0.4) is 0 Å². The Kier molecular flexibility index (Phi) is 4.74. The summed E-state index contributed by atoms with van der Waals surface area (Å²) in [6, 6.07) is 8.85. The highest BCUT2D eigenvalue weighted by Gasteiger charge is 2.36. The fourth-order valence-corrected chi connectivity index (χ4v) is 3.24. The summed E-state index contributed by atoms with van der Waals surface area (Å²) < 4.78 is 6.30. The van der Waals surface area contributed by atoms with Crippen molar-refractivity contribution >= 4 is 0 Å². The van der Waals surface area contributed by atoms with Crippen molar-refractivity contribution in [3.05, 3.63) is 29.8 Å². The van der Waals surface area contributed by atoms with Crippen molar-refractivity contribution < 1.29 is 4.74 Å². The first-order valence-corrected chi connectivity index (χ1v) is 7.80. The van der Waals surface area contributed by atoms with Crippen LogP contribution >= 0.6 is 0 Å². The van der Waals surface area contributed by atoms with Crippen molar-refractivity contribution in [3.8, 4) is 5.75 Å². The van der Waals surface area contributed by atoms with E-state index in [4.69, 9.17) is 4.74 Å². The van der Waals surface area contributed by atoms with Gasteiger partial charge in [0, 0.05) is 6.04 Å². The summed E-state index contributed by atoms with van der Waals surface area (Å²) in [5.41, 5.74) is 1.62. The summed E-state index contributed by atoms with van der Waals surface area (Å²) in [7, 11) is 2.05. The Labute approximate surface area is 123 Å². The standard InChI is InChI=1S/C18H29NO/c1-13-7-6-8-15(11-13)20-17-12-14(18(2,3)4)9-10-16(17)19-5/h6-8,11,14,16-17,19H,9-10,12H2,1-5H3. The number of rotatable bonds is 3. The molecule has 1 aliphatic carbocycles. The van der Waals surface area contributed by atoms with Crippen LogP contribution in [0.15, 0.2) is 24.3 Å². The number of hydrogen-bond acceptors (Lipinski definition) is 2. The number of ether oxygens (including phenoxy) is 1. The van der Waals surface area contributed by atoms with Crippen LogP contribution in [0.25, 0.3) is 0 Å². The van der Waals surface area contributed by atoms with Gasteiger partial charge in [-0.1, -0.05) is 32.9 Å². The molecule has 20 heavy (non-hydrogen) atoms. The van der Waals surface area contributed by atoms with Crippen LogP contribution in [-0.2, 0) is 0 Å². The fourth-order valence-electron chi connectivity index (χ4n) is 3.24. The third-order valence-electron chi connectivity index (χ3n) is 4.66. The Hall–Kier alpha value is -1.02. The molecule has 112 valence electrons. The lowest BCUT2D eigenvalue weighted by Crippen LogP contribution is -2.47. The maximum absolute atomic E-state index is 6.30. The van der Waals surface area contributed by atoms with E-state index in [0.29, 0.717) is 11.5 Å². The van der Waals surface area contributed by atoms with Crippen molar-refractivity contribution in [2.45, 2.75) is 59.1 Å². The second kappa shape index (κ2) is 6.17. The molecule has 0 saturated heterocycles. The molecular weight excluding hydrogens is 246 g/mol. The first-order chi connectivity index (χ1) is 9.40. The summed E-state index contributed by atoms with van der Waals surface area (Å²) in [6.07, 6.45) is 3.92. The zero-order valence-corrected chi connectivity index (χ0v) is 13.6. The van der Waals surface area contributed by atoms with E-state index in [-0.39, 0.29) is 6.10 Å². The van der Waals surface area contributed by atoms with Crippen molar-refractivity contribution in [1.29, 1.82) is 0 Å². The third-order valence-corrected chi connectivity index (χ3v) is 4.66. The second-order valence-corrected chi connectivity index (χ2v) is 7.24. The molecule has 0 aliphatic heterocycles. The topological polar surface area (TPSA) is 21.3 Å². The van der Waals surface area contributed by atoms with Gasteiger partial charge in [0.05, 0.1) is 0 Å². The van der Waals surface area contributed by atoms with Crippen molar-refractivity contribution in [2.24, 2.45) is 11.3 Å². The molecule has 1 aliphatic rings. The Bertz CT molecular complexity index is 435. The molecule has 2 rings (SSSR count). The fraction of sp³-hybridized carbons (Fsp3) is 0.667. The minimum atomic E-state index is 0.278. The lowest BCUT2D eigenvalue weighted by molar-refractivity contribution is 0.0496. The third kappa shape index (κ3) is 3.76. The van der Waals surface area contributed by atoms with E-state index in [9.17, 15) is 0 Å². The molecule has 0 spiro atoms. The molecule has 2 nitrogen and oxygen atoms in total. The zero-order valence-electron chi connectivity index (χ0n) is 13.6. The minimum Gasteiger partial charge on any atom is -0.489 e. The molecule has 1 saturated carbocycles. The minimum absolute atomic E-state index is 0.278. The summed E-state index contributed by atoms with van der Waals surface area (Å²) in [5.74, 6) is 1.74. The van der Waals surface area contributed by atoms with Gasteiger partial charge in [-0.05, 0) is 62.3 Å². The van der Waals surface area contributed by atoms with Crippen LogP contribution in [0.1, 0.15) is 45.6 Å². The average molecular weight is 275 g/mol. The SMILES string of the molecule is CNC1CCC(C(C)(C)C)CC1Oc1cccc(C)c1. The van der Waals surface area contributed by atoms with E-state index in [1.165, 1.54) is 18.4 Å². The van der Waals surface area contributed by atoms with Crippen molar-refractivity contribution in [2.75, 3.05) is 7.05 Å². The van der Waals surface area contributed by atoms with E-state index >= 15 is 0 Å². The van der Waals surface area contributed by atoms with Crippen LogP contribution < -0.4 is 10.1 Å². The zero-order chi connectivity index (χ0) is 14.8. The quantitative estimate of drug-likeness (QED) is 0.893. The highest BCUT2D eigenvalue weighted by atomic mass is 16.5. The second-order valence-electron chi connectivity index (χ2n) is 7.24. The molecule has 1 fully saturated rings. The number of likely N-dealkylation sites (N-methyl/N-ethyl adjacent to an activating group) is 1. The molecule has 1 N–H and O–H groups in total. The van der Waals surface area contributed by atoms with Gasteiger partial charge in [0.1, 0.15) is 11.9 Å². The van der Waals surface area contributed by atoms with Crippen molar-refractivity contribution in [1.82, 2.24) is 5.32 Å². The smallest absolute Gasteiger partial charge is 0.120 e. The predicted molar refractivity (Wildman–Crippen MR) is 85.2 cm³/mol. The molecule has 3 unspecified atom stereocenters. The van der Waals surface area contributed by atoms with Gasteiger partial charge in [-0.2, -0.15) is 0 Å². The van der Waals surface area contributed by atoms with E-state index in [2.05, 4.69) is 64.3 Å². The normalized spacial score (nSPS) is 27.4. The predicted octanol–water partition coefficient (Wildman–Crippen LogP) is 4.18. The molecule has 1 aromatic carbocycles. The lowest BCUT2D eigenvalue weighted by atomic mass is 9.70. The first kappa shape index (κ1) is 15.4. The van der Waals surface area contributed by atoms with E-state index in [0.717, 1.165) is 18.1 Å². The molecule has 0 bridgehead atoms. The summed E-state index contributed by atoms with van der Waals surface area (Å²) in [5, 5.41) is 3.44. The molecule has 1 aromatic rings. The van der Waals surface area contributed by atoms with Gasteiger partial charge >= 0.3 is 0 Å². The summed E-state index contributed by atoms with van der Waals surface area (Å²) in [4.78, 5) is 0. The average Bonchev–Trinajstić information content (AvgIpc) is 2.37.